The SMILES string of the molecule is Cc1ccnc(Nc2cccc(-c3cnc(C4CCNC(=O)[C@H]4C(C)C)o3)c2)n1. The zero-order valence-electron chi connectivity index (χ0n) is 16.8. The molecule has 150 valence electrons. The Bertz CT molecular complexity index is 1010. The molecule has 3 aromatic rings. The highest BCUT2D eigenvalue weighted by atomic mass is 16.4. The zero-order chi connectivity index (χ0) is 20.4. The van der Waals surface area contributed by atoms with Crippen LogP contribution in [0.5, 0.6) is 0 Å². The molecule has 7 heteroatoms. The van der Waals surface area contributed by atoms with Crippen molar-refractivity contribution < 1.29 is 9.21 Å². The molecule has 0 radical (unpaired) electrons. The van der Waals surface area contributed by atoms with Crippen molar-refractivity contribution in [2.45, 2.75) is 33.1 Å². The van der Waals surface area contributed by atoms with Gasteiger partial charge in [-0.3, -0.25) is 4.79 Å². The number of aryl methyl sites for hydroxylation is 1. The third-order valence-corrected chi connectivity index (χ3v) is 5.25. The van der Waals surface area contributed by atoms with Crippen LogP contribution in [0.25, 0.3) is 11.3 Å². The number of hydrogen-bond donors (Lipinski definition) is 2. The molecule has 0 aliphatic carbocycles. The lowest BCUT2D eigenvalue weighted by molar-refractivity contribution is -0.129. The van der Waals surface area contributed by atoms with Crippen LogP contribution in [-0.4, -0.2) is 27.4 Å². The molecule has 3 heterocycles. The van der Waals surface area contributed by atoms with E-state index in [2.05, 4.69) is 39.4 Å². The lowest BCUT2D eigenvalue weighted by Gasteiger charge is -2.31. The fraction of sp³-hybridized carbons (Fsp3) is 0.364. The summed E-state index contributed by atoms with van der Waals surface area (Å²) in [5.41, 5.74) is 2.67. The van der Waals surface area contributed by atoms with E-state index in [-0.39, 0.29) is 23.7 Å². The fourth-order valence-electron chi connectivity index (χ4n) is 3.86. The molecular weight excluding hydrogens is 366 g/mol. The van der Waals surface area contributed by atoms with E-state index in [1.165, 1.54) is 0 Å². The number of carbonyl (C=O) groups excluding carboxylic acids is 1. The third-order valence-electron chi connectivity index (χ3n) is 5.25. The van der Waals surface area contributed by atoms with Gasteiger partial charge in [0.25, 0.3) is 0 Å². The van der Waals surface area contributed by atoms with Gasteiger partial charge in [-0.25, -0.2) is 15.0 Å². The molecule has 7 nitrogen and oxygen atoms in total. The largest absolute Gasteiger partial charge is 0.440 e. The summed E-state index contributed by atoms with van der Waals surface area (Å²) in [5, 5.41) is 6.17. The van der Waals surface area contributed by atoms with E-state index in [0.717, 1.165) is 23.4 Å². The zero-order valence-corrected chi connectivity index (χ0v) is 16.8. The number of piperidine rings is 1. The minimum Gasteiger partial charge on any atom is -0.440 e. The van der Waals surface area contributed by atoms with Gasteiger partial charge in [-0.2, -0.15) is 0 Å². The number of aromatic nitrogens is 3. The highest BCUT2D eigenvalue weighted by Gasteiger charge is 2.37. The number of carbonyl (C=O) groups is 1. The quantitative estimate of drug-likeness (QED) is 0.681. The van der Waals surface area contributed by atoms with Crippen molar-refractivity contribution in [1.82, 2.24) is 20.3 Å². The number of benzene rings is 1. The first-order chi connectivity index (χ1) is 14.0. The second-order valence-corrected chi connectivity index (χ2v) is 7.75. The topological polar surface area (TPSA) is 92.9 Å². The van der Waals surface area contributed by atoms with Crippen molar-refractivity contribution in [2.24, 2.45) is 11.8 Å². The van der Waals surface area contributed by atoms with Crippen molar-refractivity contribution in [3.05, 3.63) is 54.3 Å². The standard InChI is InChI=1S/C22H25N5O2/c1-13(2)19-17(8-10-23-20(19)28)21-25-12-18(29-21)15-5-4-6-16(11-15)27-22-24-9-7-14(3)26-22/h4-7,9,11-13,17,19H,8,10H2,1-3H3,(H,23,28)(H,24,26,27)/t17?,19-/m0/s1. The van der Waals surface area contributed by atoms with Gasteiger partial charge in [-0.1, -0.05) is 26.0 Å². The van der Waals surface area contributed by atoms with Crippen molar-refractivity contribution in [2.75, 3.05) is 11.9 Å². The average molecular weight is 391 g/mol. The second-order valence-electron chi connectivity index (χ2n) is 7.75. The van der Waals surface area contributed by atoms with E-state index < -0.39 is 0 Å². The van der Waals surface area contributed by atoms with Crippen molar-refractivity contribution in [3.63, 3.8) is 0 Å². The van der Waals surface area contributed by atoms with Crippen LogP contribution < -0.4 is 10.6 Å². The minimum atomic E-state index is -0.123. The number of nitrogens with one attached hydrogen (secondary N) is 2. The van der Waals surface area contributed by atoms with E-state index in [1.807, 2.05) is 37.3 Å². The summed E-state index contributed by atoms with van der Waals surface area (Å²) in [6, 6.07) is 9.70. The average Bonchev–Trinajstić information content (AvgIpc) is 3.18. The highest BCUT2D eigenvalue weighted by molar-refractivity contribution is 5.80. The van der Waals surface area contributed by atoms with Gasteiger partial charge in [0.05, 0.1) is 12.1 Å². The Morgan fingerprint density at radius 2 is 2.10 bits per heavy atom. The molecule has 2 atom stereocenters. The molecular formula is C22H25N5O2. The van der Waals surface area contributed by atoms with Crippen LogP contribution in [0.15, 0.2) is 47.1 Å². The van der Waals surface area contributed by atoms with Crippen LogP contribution in [0.4, 0.5) is 11.6 Å². The van der Waals surface area contributed by atoms with Crippen LogP contribution in [0.2, 0.25) is 0 Å². The van der Waals surface area contributed by atoms with E-state index in [4.69, 9.17) is 4.42 Å². The number of oxazole rings is 1. The summed E-state index contributed by atoms with van der Waals surface area (Å²) in [7, 11) is 0. The predicted molar refractivity (Wildman–Crippen MR) is 111 cm³/mol. The molecule has 1 amide bonds. The maximum Gasteiger partial charge on any atom is 0.227 e. The van der Waals surface area contributed by atoms with Crippen LogP contribution in [0.3, 0.4) is 0 Å². The Balaban J connectivity index is 1.57. The summed E-state index contributed by atoms with van der Waals surface area (Å²) in [6.45, 7) is 6.71. The lowest BCUT2D eigenvalue weighted by atomic mass is 9.78. The third kappa shape index (κ3) is 4.13. The molecule has 1 unspecified atom stereocenters. The van der Waals surface area contributed by atoms with Crippen LogP contribution in [0, 0.1) is 18.8 Å². The minimum absolute atomic E-state index is 0.000461. The summed E-state index contributed by atoms with van der Waals surface area (Å²) in [4.78, 5) is 25.5. The summed E-state index contributed by atoms with van der Waals surface area (Å²) in [5.74, 6) is 2.05. The molecule has 1 saturated heterocycles. The second kappa shape index (κ2) is 8.03. The Kier molecular flexibility index (Phi) is 5.29. The van der Waals surface area contributed by atoms with E-state index in [9.17, 15) is 4.79 Å². The van der Waals surface area contributed by atoms with Gasteiger partial charge in [0.2, 0.25) is 11.9 Å². The Morgan fingerprint density at radius 3 is 2.90 bits per heavy atom. The normalized spacial score (nSPS) is 19.2. The first kappa shape index (κ1) is 19.1. The van der Waals surface area contributed by atoms with Crippen molar-refractivity contribution in [1.29, 1.82) is 0 Å². The number of rotatable bonds is 5. The maximum absolute atomic E-state index is 12.3. The maximum atomic E-state index is 12.3. The molecule has 4 rings (SSSR count). The molecule has 29 heavy (non-hydrogen) atoms. The molecule has 2 aromatic heterocycles. The van der Waals surface area contributed by atoms with E-state index in [0.29, 0.717) is 24.1 Å². The molecule has 0 saturated carbocycles. The van der Waals surface area contributed by atoms with Crippen LogP contribution >= 0.6 is 0 Å². The molecule has 1 fully saturated rings. The summed E-state index contributed by atoms with van der Waals surface area (Å²) < 4.78 is 6.11. The van der Waals surface area contributed by atoms with Crippen molar-refractivity contribution >= 4 is 17.5 Å². The van der Waals surface area contributed by atoms with Gasteiger partial charge in [0, 0.05) is 35.6 Å². The molecule has 2 N–H and O–H groups in total. The summed E-state index contributed by atoms with van der Waals surface area (Å²) in [6.07, 6.45) is 4.30. The predicted octanol–water partition coefficient (Wildman–Crippen LogP) is 4.06. The number of nitrogens with zero attached hydrogens (tertiary/aromatic N) is 3. The molecule has 1 aromatic carbocycles. The Morgan fingerprint density at radius 1 is 1.24 bits per heavy atom. The lowest BCUT2D eigenvalue weighted by Crippen LogP contribution is -2.43. The molecule has 1 aliphatic rings. The smallest absolute Gasteiger partial charge is 0.227 e. The van der Waals surface area contributed by atoms with Gasteiger partial charge in [0.15, 0.2) is 11.7 Å². The van der Waals surface area contributed by atoms with Gasteiger partial charge in [0.1, 0.15) is 0 Å². The highest BCUT2D eigenvalue weighted by Crippen LogP contribution is 2.36. The molecule has 0 bridgehead atoms. The number of anilines is 2. The van der Waals surface area contributed by atoms with E-state index in [1.54, 1.807) is 12.4 Å². The van der Waals surface area contributed by atoms with E-state index >= 15 is 0 Å². The number of amides is 1. The van der Waals surface area contributed by atoms with Crippen LogP contribution in [0.1, 0.15) is 37.8 Å². The first-order valence-electron chi connectivity index (χ1n) is 9.92. The monoisotopic (exact) mass is 391 g/mol. The van der Waals surface area contributed by atoms with Crippen molar-refractivity contribution in [3.8, 4) is 11.3 Å². The molecule has 0 spiro atoms. The number of hydrogen-bond acceptors (Lipinski definition) is 6. The van der Waals surface area contributed by atoms with Crippen LogP contribution in [-0.2, 0) is 4.79 Å². The Hall–Kier alpha value is -3.22. The fourth-order valence-corrected chi connectivity index (χ4v) is 3.86. The van der Waals surface area contributed by atoms with Gasteiger partial charge >= 0.3 is 0 Å². The van der Waals surface area contributed by atoms with Gasteiger partial charge in [-0.05, 0) is 37.5 Å². The Labute approximate surface area is 170 Å². The molecule has 1 aliphatic heterocycles. The first-order valence-corrected chi connectivity index (χ1v) is 9.92. The van der Waals surface area contributed by atoms with Gasteiger partial charge < -0.3 is 15.1 Å². The summed E-state index contributed by atoms with van der Waals surface area (Å²) >= 11 is 0. The van der Waals surface area contributed by atoms with Gasteiger partial charge in [-0.15, -0.1) is 0 Å².